The Labute approximate surface area is 481 Å². The molecule has 2 saturated heterocycles. The van der Waals surface area contributed by atoms with Crippen LogP contribution < -0.4 is 65.5 Å². The van der Waals surface area contributed by atoms with Gasteiger partial charge in [-0.15, -0.1) is 0 Å². The monoisotopic (exact) mass is 1160 g/mol. The number of nitrogens with zero attached hydrogens (tertiary/aromatic N) is 3. The second-order valence-electron chi connectivity index (χ2n) is 23.4. The van der Waals surface area contributed by atoms with E-state index in [-0.39, 0.29) is 88.3 Å². The van der Waals surface area contributed by atoms with Gasteiger partial charge in [0, 0.05) is 26.1 Å². The summed E-state index contributed by atoms with van der Waals surface area (Å²) in [5.41, 5.74) is 22.2. The molecule has 2 fully saturated rings. The van der Waals surface area contributed by atoms with Crippen LogP contribution in [-0.2, 0) is 57.5 Å². The van der Waals surface area contributed by atoms with Crippen molar-refractivity contribution >= 4 is 76.9 Å². The lowest BCUT2D eigenvalue weighted by atomic mass is 9.99. The number of nitrogens with one attached hydrogen (secondary N) is 8. The molecule has 2 rings (SSSR count). The number of amides is 11. The number of carbonyl (C=O) groups is 12. The van der Waals surface area contributed by atoms with Gasteiger partial charge in [0.1, 0.15) is 54.4 Å². The summed E-state index contributed by atoms with van der Waals surface area (Å²) in [4.78, 5) is 167. The summed E-state index contributed by atoms with van der Waals surface area (Å²) < 4.78 is 0. The molecule has 0 saturated carbocycles. The van der Waals surface area contributed by atoms with Gasteiger partial charge in [0.25, 0.3) is 0 Å². The van der Waals surface area contributed by atoms with E-state index in [1.165, 1.54) is 16.7 Å². The van der Waals surface area contributed by atoms with E-state index in [4.69, 9.17) is 22.9 Å². The van der Waals surface area contributed by atoms with Gasteiger partial charge >= 0.3 is 5.97 Å². The first-order valence-corrected chi connectivity index (χ1v) is 28.6. The van der Waals surface area contributed by atoms with Crippen molar-refractivity contribution in [2.75, 3.05) is 26.2 Å². The average molecular weight is 1160 g/mol. The van der Waals surface area contributed by atoms with Crippen LogP contribution in [0.3, 0.4) is 0 Å². The van der Waals surface area contributed by atoms with E-state index >= 15 is 0 Å². The molecule has 0 aromatic heterocycles. The third kappa shape index (κ3) is 23.8. The molecule has 82 heavy (non-hydrogen) atoms. The predicted octanol–water partition coefficient (Wildman–Crippen LogP) is -2.32. The Morgan fingerprint density at radius 3 is 1.49 bits per heavy atom. The molecule has 0 radical (unpaired) electrons. The van der Waals surface area contributed by atoms with Crippen molar-refractivity contribution < 1.29 is 62.6 Å². The number of nitrogens with two attached hydrogens (primary N) is 4. The van der Waals surface area contributed by atoms with Crippen molar-refractivity contribution in [3.63, 3.8) is 0 Å². The van der Waals surface area contributed by atoms with E-state index in [9.17, 15) is 62.6 Å². The maximum Gasteiger partial charge on any atom is 0.326 e. The second-order valence-corrected chi connectivity index (χ2v) is 23.4. The Hall–Kier alpha value is -7.13. The van der Waals surface area contributed by atoms with Crippen molar-refractivity contribution in [3.8, 4) is 0 Å². The highest BCUT2D eigenvalue weighted by Gasteiger charge is 2.42. The molecule has 17 N–H and O–H groups in total. The summed E-state index contributed by atoms with van der Waals surface area (Å²) >= 11 is 0. The van der Waals surface area contributed by atoms with Gasteiger partial charge in [-0.25, -0.2) is 4.79 Å². The smallest absolute Gasteiger partial charge is 0.326 e. The van der Waals surface area contributed by atoms with Crippen molar-refractivity contribution in [1.82, 2.24) is 52.3 Å². The number of carbonyl (C=O) groups excluding carboxylic acids is 11. The van der Waals surface area contributed by atoms with Crippen molar-refractivity contribution in [3.05, 3.63) is 0 Å². The zero-order valence-electron chi connectivity index (χ0n) is 49.8. The molecule has 28 heteroatoms. The number of hydrogen-bond acceptors (Lipinski definition) is 14. The molecule has 28 nitrogen and oxygen atoms in total. The molecule has 10 atom stereocenters. The summed E-state index contributed by atoms with van der Waals surface area (Å²) in [7, 11) is 0. The van der Waals surface area contributed by atoms with E-state index in [1.807, 2.05) is 27.7 Å². The number of aliphatic carboxylic acids is 1. The third-order valence-corrected chi connectivity index (χ3v) is 13.9. The van der Waals surface area contributed by atoms with Gasteiger partial charge in [0.15, 0.2) is 5.96 Å². The van der Waals surface area contributed by atoms with Gasteiger partial charge in [-0.1, -0.05) is 69.2 Å². The van der Waals surface area contributed by atoms with E-state index in [1.54, 1.807) is 41.5 Å². The summed E-state index contributed by atoms with van der Waals surface area (Å²) in [5.74, 6) is -10.4. The minimum Gasteiger partial charge on any atom is -0.480 e. The van der Waals surface area contributed by atoms with Gasteiger partial charge < -0.3 is 80.4 Å². The van der Waals surface area contributed by atoms with Crippen molar-refractivity contribution in [1.29, 1.82) is 0 Å². The number of primary amides is 1. The zero-order chi connectivity index (χ0) is 62.3. The minimum absolute atomic E-state index is 0.0494. The molecule has 11 amide bonds. The largest absolute Gasteiger partial charge is 0.480 e. The highest BCUT2D eigenvalue weighted by molar-refractivity contribution is 5.99. The number of carboxylic acids is 1. The normalized spacial score (nSPS) is 18.1. The fraction of sp³-hybridized carbons (Fsp3) is 0.759. The highest BCUT2D eigenvalue weighted by Crippen LogP contribution is 2.23. The summed E-state index contributed by atoms with van der Waals surface area (Å²) in [6.07, 6.45) is 1.88. The number of aliphatic imine (C=N–C) groups is 1. The molecule has 2 aliphatic rings. The van der Waals surface area contributed by atoms with Crippen LogP contribution in [0.2, 0.25) is 0 Å². The lowest BCUT2D eigenvalue weighted by Gasteiger charge is -2.32. The molecule has 0 aromatic rings. The Balaban J connectivity index is 2.18. The van der Waals surface area contributed by atoms with Crippen LogP contribution in [0, 0.1) is 29.6 Å². The van der Waals surface area contributed by atoms with Crippen LogP contribution in [0.25, 0.3) is 0 Å². The standard InChI is InChI=1S/C54H95N15O13/c1-27(2)23-35(63-50(78)43(31(9)10)67-45(73)33(55)15-12-20-59-54(57)58)47(75)62-34(18-19-40(56)70)46(74)60-26-41(71)66-42(30(7)8)49(77)65-37(25-29(5)6)51(79)68-21-13-16-38(68)48(76)61-32(11)44(72)64-36(24-28(3)4)52(80)69-22-14-17-39(69)53(81)82/h27-39,42-43H,12-26,55H2,1-11H3,(H2,56,70)(H,60,74)(H,61,76)(H,62,75)(H,63,78)(H,64,72)(H,65,77)(H,66,71)(H,67,73)(H,81,82)(H4,57,58,59)/t32-,33-,34-,35-,36-,37-,38-,39-,42-,43-/m0/s1. The Morgan fingerprint density at radius 1 is 0.537 bits per heavy atom. The Morgan fingerprint density at radius 2 is 1.00 bits per heavy atom. The van der Waals surface area contributed by atoms with Crippen LogP contribution in [0.1, 0.15) is 147 Å². The topological polar surface area (TPSA) is 444 Å². The maximum atomic E-state index is 14.3. The minimum atomic E-state index is -1.44. The van der Waals surface area contributed by atoms with Crippen LogP contribution in [0.4, 0.5) is 0 Å². The molecule has 0 aromatic carbocycles. The SMILES string of the molecule is CC(C)C[C@H](NC(=O)[C@@H](NC(=O)[C@@H](N)CCCN=C(N)N)C(C)C)C(=O)N[C@@H](CCC(N)=O)C(=O)NCC(=O)N[C@H](C(=O)N[C@@H](CC(C)C)C(=O)N1CCC[C@H]1C(=O)N[C@@H](C)C(=O)N[C@@H](CC(C)C)C(=O)N1CCC[C@H]1C(=O)O)C(C)C. The summed E-state index contributed by atoms with van der Waals surface area (Å²) in [5, 5.41) is 30.7. The Kier molecular flexibility index (Phi) is 29.7. The summed E-state index contributed by atoms with van der Waals surface area (Å²) in [6, 6.07) is -11.4. The van der Waals surface area contributed by atoms with E-state index in [2.05, 4.69) is 47.5 Å². The van der Waals surface area contributed by atoms with Gasteiger partial charge in [-0.05, 0) is 101 Å². The molecule has 464 valence electrons. The lowest BCUT2D eigenvalue weighted by Crippen LogP contribution is -2.60. The molecular formula is C54H95N15O13. The van der Waals surface area contributed by atoms with Crippen LogP contribution in [0.15, 0.2) is 4.99 Å². The number of rotatable bonds is 34. The first-order valence-electron chi connectivity index (χ1n) is 28.6. The molecular weight excluding hydrogens is 1070 g/mol. The van der Waals surface area contributed by atoms with Crippen LogP contribution in [-0.4, -0.2) is 178 Å². The maximum absolute atomic E-state index is 14.3. The fourth-order valence-electron chi connectivity index (χ4n) is 9.60. The Bertz CT molecular complexity index is 2270. The average Bonchev–Trinajstić information content (AvgIpc) is 4.24. The number of likely N-dealkylation sites (tertiary alicyclic amines) is 2. The molecule has 0 unspecified atom stereocenters. The zero-order valence-corrected chi connectivity index (χ0v) is 49.8. The molecule has 2 aliphatic heterocycles. The number of carboxylic acid groups (broad SMARTS) is 1. The quantitative estimate of drug-likeness (QED) is 0.0183. The van der Waals surface area contributed by atoms with E-state index in [0.29, 0.717) is 25.7 Å². The highest BCUT2D eigenvalue weighted by atomic mass is 16.4. The van der Waals surface area contributed by atoms with Crippen molar-refractivity contribution in [2.45, 2.75) is 207 Å². The molecule has 0 spiro atoms. The van der Waals surface area contributed by atoms with Crippen LogP contribution >= 0.6 is 0 Å². The second kappa shape index (κ2) is 34.3. The third-order valence-electron chi connectivity index (χ3n) is 13.9. The first-order chi connectivity index (χ1) is 38.2. The first kappa shape index (κ1) is 71.0. The predicted molar refractivity (Wildman–Crippen MR) is 304 cm³/mol. The summed E-state index contributed by atoms with van der Waals surface area (Å²) in [6.45, 7) is 19.0. The van der Waals surface area contributed by atoms with Crippen molar-refractivity contribution in [2.24, 2.45) is 57.5 Å². The number of hydrogen-bond donors (Lipinski definition) is 13. The van der Waals surface area contributed by atoms with Crippen LogP contribution in [0.5, 0.6) is 0 Å². The van der Waals surface area contributed by atoms with Gasteiger partial charge in [-0.3, -0.25) is 57.7 Å². The van der Waals surface area contributed by atoms with Gasteiger partial charge in [0.05, 0.1) is 12.6 Å². The fourth-order valence-corrected chi connectivity index (χ4v) is 9.60. The molecule has 2 heterocycles. The van der Waals surface area contributed by atoms with Gasteiger partial charge in [-0.2, -0.15) is 0 Å². The van der Waals surface area contributed by atoms with E-state index in [0.717, 1.165) is 0 Å². The lowest BCUT2D eigenvalue weighted by molar-refractivity contribution is -0.149. The number of guanidine groups is 1. The molecule has 0 bridgehead atoms. The van der Waals surface area contributed by atoms with E-state index < -0.39 is 150 Å². The van der Waals surface area contributed by atoms with Gasteiger partial charge in [0.2, 0.25) is 65.0 Å². The molecule has 0 aliphatic carbocycles.